The van der Waals surface area contributed by atoms with Crippen molar-refractivity contribution >= 4 is 23.4 Å². The molecule has 1 aromatic rings. The van der Waals surface area contributed by atoms with Gasteiger partial charge in [0.1, 0.15) is 17.0 Å². The number of carbonyl (C=O) groups is 1. The first-order valence-electron chi connectivity index (χ1n) is 5.65. The van der Waals surface area contributed by atoms with Gasteiger partial charge < -0.3 is 10.0 Å². The van der Waals surface area contributed by atoms with Crippen molar-refractivity contribution in [1.29, 1.82) is 0 Å². The van der Waals surface area contributed by atoms with Crippen LogP contribution in [0.25, 0.3) is 0 Å². The average molecular weight is 256 g/mol. The summed E-state index contributed by atoms with van der Waals surface area (Å²) in [5.41, 5.74) is 0. The Morgan fingerprint density at radius 3 is 2.94 bits per heavy atom. The van der Waals surface area contributed by atoms with Crippen LogP contribution in [0.4, 0.5) is 5.82 Å². The Hall–Kier alpha value is -1.36. The number of hydrogen-bond donors (Lipinski definition) is 1. The van der Waals surface area contributed by atoms with Crippen LogP contribution in [0.5, 0.6) is 0 Å². The highest BCUT2D eigenvalue weighted by Gasteiger charge is 2.28. The predicted molar refractivity (Wildman–Crippen MR) is 64.3 cm³/mol. The highest BCUT2D eigenvalue weighted by atomic mass is 35.5. The van der Waals surface area contributed by atoms with E-state index in [0.717, 1.165) is 19.3 Å². The maximum absolute atomic E-state index is 11.3. The van der Waals surface area contributed by atoms with E-state index in [-0.39, 0.29) is 5.15 Å². The van der Waals surface area contributed by atoms with Crippen LogP contribution >= 0.6 is 11.6 Å². The molecule has 1 aliphatic rings. The third-order valence-corrected chi connectivity index (χ3v) is 3.11. The van der Waals surface area contributed by atoms with Crippen LogP contribution in [-0.2, 0) is 4.79 Å². The van der Waals surface area contributed by atoms with Crippen LogP contribution in [-0.4, -0.2) is 33.6 Å². The molecule has 2 rings (SSSR count). The number of hydrogen-bond acceptors (Lipinski definition) is 4. The van der Waals surface area contributed by atoms with Gasteiger partial charge in [0, 0.05) is 6.54 Å². The molecule has 2 heterocycles. The Kier molecular flexibility index (Phi) is 3.78. The van der Waals surface area contributed by atoms with Gasteiger partial charge in [-0.15, -0.1) is 0 Å². The number of aromatic nitrogens is 2. The van der Waals surface area contributed by atoms with E-state index in [4.69, 9.17) is 11.6 Å². The second kappa shape index (κ2) is 5.31. The zero-order valence-electron chi connectivity index (χ0n) is 9.34. The SMILES string of the molecule is O=C(O)C1CCCCCN1c1cncc(Cl)n1. The molecule has 1 aliphatic heterocycles. The van der Waals surface area contributed by atoms with E-state index in [1.54, 1.807) is 11.1 Å². The van der Waals surface area contributed by atoms with Crippen LogP contribution < -0.4 is 4.90 Å². The smallest absolute Gasteiger partial charge is 0.326 e. The molecule has 17 heavy (non-hydrogen) atoms. The van der Waals surface area contributed by atoms with Gasteiger partial charge in [-0.2, -0.15) is 0 Å². The quantitative estimate of drug-likeness (QED) is 0.875. The normalized spacial score (nSPS) is 21.0. The highest BCUT2D eigenvalue weighted by molar-refractivity contribution is 6.29. The molecule has 0 radical (unpaired) electrons. The van der Waals surface area contributed by atoms with E-state index in [9.17, 15) is 9.90 Å². The predicted octanol–water partition coefficient (Wildman–Crippen LogP) is 1.96. The first-order chi connectivity index (χ1) is 8.18. The van der Waals surface area contributed by atoms with Crippen molar-refractivity contribution in [3.63, 3.8) is 0 Å². The van der Waals surface area contributed by atoms with Crippen LogP contribution in [0.2, 0.25) is 5.15 Å². The number of anilines is 1. The third-order valence-electron chi connectivity index (χ3n) is 2.92. The Morgan fingerprint density at radius 1 is 1.41 bits per heavy atom. The molecule has 1 saturated heterocycles. The molecule has 1 unspecified atom stereocenters. The maximum atomic E-state index is 11.3. The summed E-state index contributed by atoms with van der Waals surface area (Å²) in [7, 11) is 0. The lowest BCUT2D eigenvalue weighted by atomic mass is 10.1. The minimum Gasteiger partial charge on any atom is -0.480 e. The van der Waals surface area contributed by atoms with Gasteiger partial charge in [0.15, 0.2) is 0 Å². The lowest BCUT2D eigenvalue weighted by Crippen LogP contribution is -2.41. The molecule has 1 aromatic heterocycles. The fraction of sp³-hybridized carbons (Fsp3) is 0.545. The molecule has 0 spiro atoms. The Bertz CT molecular complexity index is 413. The summed E-state index contributed by atoms with van der Waals surface area (Å²) in [5.74, 6) is -0.263. The zero-order chi connectivity index (χ0) is 12.3. The molecule has 1 fully saturated rings. The Balaban J connectivity index is 2.28. The van der Waals surface area contributed by atoms with Crippen LogP contribution in [0, 0.1) is 0 Å². The minimum atomic E-state index is -0.811. The summed E-state index contributed by atoms with van der Waals surface area (Å²) in [6, 6.07) is -0.523. The monoisotopic (exact) mass is 255 g/mol. The van der Waals surface area contributed by atoms with E-state index in [0.29, 0.717) is 18.8 Å². The van der Waals surface area contributed by atoms with Crippen LogP contribution in [0.3, 0.4) is 0 Å². The molecule has 1 N–H and O–H groups in total. The summed E-state index contributed by atoms with van der Waals surface area (Å²) in [6.45, 7) is 0.686. The number of nitrogens with zero attached hydrogens (tertiary/aromatic N) is 3. The van der Waals surface area contributed by atoms with Crippen molar-refractivity contribution in [2.24, 2.45) is 0 Å². The van der Waals surface area contributed by atoms with Crippen molar-refractivity contribution in [1.82, 2.24) is 9.97 Å². The molecule has 92 valence electrons. The standard InChI is InChI=1S/C11H14ClN3O2/c12-9-6-13-7-10(14-9)15-5-3-1-2-4-8(15)11(16)17/h6-8H,1-5H2,(H,16,17). The fourth-order valence-corrected chi connectivity index (χ4v) is 2.25. The second-order valence-electron chi connectivity index (χ2n) is 4.10. The topological polar surface area (TPSA) is 66.3 Å². The molecule has 0 aliphatic carbocycles. The molecule has 6 heteroatoms. The van der Waals surface area contributed by atoms with E-state index in [1.807, 2.05) is 0 Å². The lowest BCUT2D eigenvalue weighted by molar-refractivity contribution is -0.138. The van der Waals surface area contributed by atoms with Crippen molar-refractivity contribution in [3.05, 3.63) is 17.5 Å². The minimum absolute atomic E-state index is 0.288. The molecular weight excluding hydrogens is 242 g/mol. The molecular formula is C11H14ClN3O2. The first kappa shape index (κ1) is 12.1. The molecule has 5 nitrogen and oxygen atoms in total. The molecule has 0 saturated carbocycles. The van der Waals surface area contributed by atoms with Gasteiger partial charge in [-0.25, -0.2) is 9.78 Å². The van der Waals surface area contributed by atoms with Gasteiger partial charge in [0.25, 0.3) is 0 Å². The van der Waals surface area contributed by atoms with Crippen LogP contribution in [0.1, 0.15) is 25.7 Å². The highest BCUT2D eigenvalue weighted by Crippen LogP contribution is 2.23. The molecule has 0 bridgehead atoms. The number of carboxylic acid groups (broad SMARTS) is 1. The summed E-state index contributed by atoms with van der Waals surface area (Å²) in [5, 5.41) is 9.53. The Morgan fingerprint density at radius 2 is 2.24 bits per heavy atom. The van der Waals surface area contributed by atoms with Crippen molar-refractivity contribution in [3.8, 4) is 0 Å². The molecule has 1 atom stereocenters. The second-order valence-corrected chi connectivity index (χ2v) is 4.48. The number of rotatable bonds is 2. The van der Waals surface area contributed by atoms with Gasteiger partial charge in [0.2, 0.25) is 0 Å². The van der Waals surface area contributed by atoms with E-state index in [2.05, 4.69) is 9.97 Å². The summed E-state index contributed by atoms with van der Waals surface area (Å²) >= 11 is 5.78. The van der Waals surface area contributed by atoms with Crippen molar-refractivity contribution in [2.75, 3.05) is 11.4 Å². The Labute approximate surface area is 104 Å². The lowest BCUT2D eigenvalue weighted by Gasteiger charge is -2.27. The zero-order valence-corrected chi connectivity index (χ0v) is 10.1. The molecule has 0 aromatic carbocycles. The average Bonchev–Trinajstić information content (AvgIpc) is 2.54. The number of aliphatic carboxylic acids is 1. The van der Waals surface area contributed by atoms with E-state index < -0.39 is 12.0 Å². The summed E-state index contributed by atoms with van der Waals surface area (Å²) in [6.07, 6.45) is 6.60. The first-order valence-corrected chi connectivity index (χ1v) is 6.03. The largest absolute Gasteiger partial charge is 0.480 e. The number of carboxylic acids is 1. The van der Waals surface area contributed by atoms with Crippen molar-refractivity contribution in [2.45, 2.75) is 31.7 Å². The van der Waals surface area contributed by atoms with Crippen molar-refractivity contribution < 1.29 is 9.90 Å². The van der Waals surface area contributed by atoms with Gasteiger partial charge in [-0.05, 0) is 12.8 Å². The summed E-state index contributed by atoms with van der Waals surface area (Å²) in [4.78, 5) is 21.1. The summed E-state index contributed by atoms with van der Waals surface area (Å²) < 4.78 is 0. The van der Waals surface area contributed by atoms with E-state index >= 15 is 0 Å². The number of halogens is 1. The van der Waals surface area contributed by atoms with Gasteiger partial charge in [-0.1, -0.05) is 24.4 Å². The van der Waals surface area contributed by atoms with Gasteiger partial charge in [0.05, 0.1) is 12.4 Å². The van der Waals surface area contributed by atoms with Gasteiger partial charge in [-0.3, -0.25) is 4.98 Å². The third kappa shape index (κ3) is 2.85. The van der Waals surface area contributed by atoms with Crippen LogP contribution in [0.15, 0.2) is 12.4 Å². The van der Waals surface area contributed by atoms with Gasteiger partial charge >= 0.3 is 5.97 Å². The maximum Gasteiger partial charge on any atom is 0.326 e. The van der Waals surface area contributed by atoms with E-state index in [1.165, 1.54) is 6.20 Å². The fourth-order valence-electron chi connectivity index (χ4n) is 2.11. The molecule has 0 amide bonds.